The Morgan fingerprint density at radius 3 is 2.74 bits per heavy atom. The molecule has 3 N–H and O–H groups in total. The van der Waals surface area contributed by atoms with Gasteiger partial charge in [0.2, 0.25) is 5.88 Å². The molecule has 0 fully saturated rings. The van der Waals surface area contributed by atoms with Crippen LogP contribution in [0.1, 0.15) is 18.3 Å². The van der Waals surface area contributed by atoms with Crippen molar-refractivity contribution in [1.82, 2.24) is 19.7 Å². The minimum absolute atomic E-state index is 0.565. The molecule has 0 amide bonds. The van der Waals surface area contributed by atoms with Crippen LogP contribution in [0.15, 0.2) is 6.07 Å². The summed E-state index contributed by atoms with van der Waals surface area (Å²) < 4.78 is 7.04. The van der Waals surface area contributed by atoms with Crippen molar-refractivity contribution in [3.8, 4) is 17.3 Å². The van der Waals surface area contributed by atoms with Crippen molar-refractivity contribution >= 4 is 5.82 Å². The molecule has 2 rings (SSSR count). The molecule has 0 spiro atoms. The van der Waals surface area contributed by atoms with Crippen LogP contribution in [0.5, 0.6) is 5.88 Å². The molecule has 0 saturated heterocycles. The van der Waals surface area contributed by atoms with Crippen LogP contribution in [0.2, 0.25) is 0 Å². The number of nitrogens with one attached hydrogen (secondary N) is 1. The second-order valence-corrected chi connectivity index (χ2v) is 4.16. The van der Waals surface area contributed by atoms with Gasteiger partial charge in [0, 0.05) is 18.8 Å². The molecule has 2 aromatic rings. The van der Waals surface area contributed by atoms with Gasteiger partial charge >= 0.3 is 0 Å². The Hall–Kier alpha value is -2.15. The number of rotatable bonds is 4. The first-order valence-corrected chi connectivity index (χ1v) is 6.03. The van der Waals surface area contributed by atoms with Crippen LogP contribution in [0.4, 0.5) is 5.82 Å². The van der Waals surface area contributed by atoms with Crippen LogP contribution in [0.25, 0.3) is 11.4 Å². The van der Waals surface area contributed by atoms with Gasteiger partial charge in [0.25, 0.3) is 0 Å². The summed E-state index contributed by atoms with van der Waals surface area (Å²) in [5.41, 5.74) is 5.07. The average molecular weight is 262 g/mol. The van der Waals surface area contributed by atoms with Gasteiger partial charge in [0.15, 0.2) is 5.82 Å². The van der Waals surface area contributed by atoms with Crippen molar-refractivity contribution < 1.29 is 4.74 Å². The number of aromatic nitrogens is 4. The Morgan fingerprint density at radius 1 is 1.42 bits per heavy atom. The van der Waals surface area contributed by atoms with E-state index in [2.05, 4.69) is 20.5 Å². The fourth-order valence-corrected chi connectivity index (χ4v) is 1.99. The van der Waals surface area contributed by atoms with E-state index in [1.165, 1.54) is 0 Å². The highest BCUT2D eigenvalue weighted by Gasteiger charge is 2.19. The zero-order valence-electron chi connectivity index (χ0n) is 11.6. The standard InChI is InChI=1S/C12H18N6O/c1-5-8-6-9(16-13)15-11(14-8)10-7(2)17-18(3)12(10)19-4/h6H,5,13H2,1-4H3,(H,14,15,16). The van der Waals surface area contributed by atoms with Gasteiger partial charge in [-0.3, -0.25) is 0 Å². The Balaban J connectivity index is 2.64. The molecule has 0 aliphatic heterocycles. The van der Waals surface area contributed by atoms with E-state index in [0.29, 0.717) is 17.5 Å². The van der Waals surface area contributed by atoms with Crippen molar-refractivity contribution in [2.24, 2.45) is 12.9 Å². The lowest BCUT2D eigenvalue weighted by Gasteiger charge is -2.08. The minimum Gasteiger partial charge on any atom is -0.481 e. The Labute approximate surface area is 111 Å². The lowest BCUT2D eigenvalue weighted by molar-refractivity contribution is 0.374. The molecule has 102 valence electrons. The molecule has 0 aliphatic carbocycles. The second-order valence-electron chi connectivity index (χ2n) is 4.16. The lowest BCUT2D eigenvalue weighted by atomic mass is 10.2. The van der Waals surface area contributed by atoms with Gasteiger partial charge in [-0.2, -0.15) is 5.10 Å². The molecule has 0 radical (unpaired) electrons. The number of nitrogens with two attached hydrogens (primary N) is 1. The first-order valence-electron chi connectivity index (χ1n) is 6.03. The third-order valence-corrected chi connectivity index (χ3v) is 2.88. The number of aryl methyl sites for hydroxylation is 3. The van der Waals surface area contributed by atoms with Gasteiger partial charge in [-0.1, -0.05) is 6.92 Å². The predicted octanol–water partition coefficient (Wildman–Crippen LogP) is 1.04. The van der Waals surface area contributed by atoms with Gasteiger partial charge in [-0.15, -0.1) is 0 Å². The summed E-state index contributed by atoms with van der Waals surface area (Å²) in [6, 6.07) is 1.82. The normalized spacial score (nSPS) is 10.6. The maximum absolute atomic E-state index is 5.44. The molecule has 0 unspecified atom stereocenters. The van der Waals surface area contributed by atoms with E-state index in [1.807, 2.05) is 27.0 Å². The number of ether oxygens (including phenoxy) is 1. The molecule has 0 bridgehead atoms. The number of nitrogens with zero attached hydrogens (tertiary/aromatic N) is 4. The maximum Gasteiger partial charge on any atom is 0.222 e. The maximum atomic E-state index is 5.44. The van der Waals surface area contributed by atoms with Crippen LogP contribution < -0.4 is 16.0 Å². The van der Waals surface area contributed by atoms with Gasteiger partial charge in [-0.05, 0) is 13.3 Å². The van der Waals surface area contributed by atoms with Gasteiger partial charge in [0.05, 0.1) is 12.8 Å². The highest BCUT2D eigenvalue weighted by molar-refractivity contribution is 5.66. The average Bonchev–Trinajstić information content (AvgIpc) is 2.71. The van der Waals surface area contributed by atoms with Crippen LogP contribution in [0, 0.1) is 6.92 Å². The molecule has 2 aromatic heterocycles. The highest BCUT2D eigenvalue weighted by Crippen LogP contribution is 2.30. The summed E-state index contributed by atoms with van der Waals surface area (Å²) in [4.78, 5) is 8.89. The van der Waals surface area contributed by atoms with E-state index in [9.17, 15) is 0 Å². The third-order valence-electron chi connectivity index (χ3n) is 2.88. The SMILES string of the molecule is CCc1cc(NN)nc(-c2c(C)nn(C)c2OC)n1. The lowest BCUT2D eigenvalue weighted by Crippen LogP contribution is -2.10. The summed E-state index contributed by atoms with van der Waals surface area (Å²) in [6.07, 6.45) is 0.797. The number of hydrogen-bond donors (Lipinski definition) is 2. The van der Waals surface area contributed by atoms with Crippen LogP contribution >= 0.6 is 0 Å². The van der Waals surface area contributed by atoms with Gasteiger partial charge < -0.3 is 10.2 Å². The molecule has 7 nitrogen and oxygen atoms in total. The minimum atomic E-state index is 0.565. The molecule has 0 aromatic carbocycles. The molecule has 0 atom stereocenters. The topological polar surface area (TPSA) is 90.9 Å². The first kappa shape index (κ1) is 13.3. The Bertz CT molecular complexity index is 570. The van der Waals surface area contributed by atoms with E-state index in [4.69, 9.17) is 10.6 Å². The quantitative estimate of drug-likeness (QED) is 0.632. The monoisotopic (exact) mass is 262 g/mol. The summed E-state index contributed by atoms with van der Waals surface area (Å²) in [5, 5.41) is 4.33. The van der Waals surface area contributed by atoms with Crippen molar-refractivity contribution in [2.75, 3.05) is 12.5 Å². The fraction of sp³-hybridized carbons (Fsp3) is 0.417. The highest BCUT2D eigenvalue weighted by atomic mass is 16.5. The van der Waals surface area contributed by atoms with Crippen LogP contribution in [0.3, 0.4) is 0 Å². The zero-order valence-corrected chi connectivity index (χ0v) is 11.6. The molecule has 0 saturated carbocycles. The smallest absolute Gasteiger partial charge is 0.222 e. The molecular weight excluding hydrogens is 244 g/mol. The summed E-state index contributed by atoms with van der Waals surface area (Å²) in [5.74, 6) is 7.22. The van der Waals surface area contributed by atoms with E-state index in [-0.39, 0.29) is 0 Å². The summed E-state index contributed by atoms with van der Waals surface area (Å²) in [7, 11) is 3.42. The van der Waals surface area contributed by atoms with E-state index in [1.54, 1.807) is 11.8 Å². The van der Waals surface area contributed by atoms with Gasteiger partial charge in [-0.25, -0.2) is 20.5 Å². The molecular formula is C12H18N6O. The molecule has 0 aliphatic rings. The molecule has 19 heavy (non-hydrogen) atoms. The zero-order chi connectivity index (χ0) is 14.0. The largest absolute Gasteiger partial charge is 0.481 e. The Morgan fingerprint density at radius 2 is 2.16 bits per heavy atom. The number of hydrogen-bond acceptors (Lipinski definition) is 6. The first-order chi connectivity index (χ1) is 9.10. The number of nitrogen functional groups attached to an aromatic ring is 1. The van der Waals surface area contributed by atoms with Crippen LogP contribution in [-0.4, -0.2) is 26.9 Å². The molecule has 7 heteroatoms. The Kier molecular flexibility index (Phi) is 3.66. The van der Waals surface area contributed by atoms with Crippen molar-refractivity contribution in [3.63, 3.8) is 0 Å². The van der Waals surface area contributed by atoms with Crippen molar-refractivity contribution in [3.05, 3.63) is 17.5 Å². The van der Waals surface area contributed by atoms with Gasteiger partial charge in [0.1, 0.15) is 11.4 Å². The van der Waals surface area contributed by atoms with E-state index < -0.39 is 0 Å². The number of methoxy groups -OCH3 is 1. The fourth-order valence-electron chi connectivity index (χ4n) is 1.99. The second kappa shape index (κ2) is 5.23. The summed E-state index contributed by atoms with van der Waals surface area (Å²) in [6.45, 7) is 3.93. The van der Waals surface area contributed by atoms with E-state index >= 15 is 0 Å². The third kappa shape index (κ3) is 2.37. The summed E-state index contributed by atoms with van der Waals surface area (Å²) >= 11 is 0. The predicted molar refractivity (Wildman–Crippen MR) is 72.7 cm³/mol. The number of anilines is 1. The van der Waals surface area contributed by atoms with E-state index in [0.717, 1.165) is 23.4 Å². The molecule has 2 heterocycles. The number of hydrazine groups is 1. The van der Waals surface area contributed by atoms with Crippen molar-refractivity contribution in [2.45, 2.75) is 20.3 Å². The van der Waals surface area contributed by atoms with Crippen LogP contribution in [-0.2, 0) is 13.5 Å². The van der Waals surface area contributed by atoms with Crippen molar-refractivity contribution in [1.29, 1.82) is 0 Å².